The van der Waals surface area contributed by atoms with Crippen LogP contribution in [0.1, 0.15) is 33.3 Å². The largest absolute Gasteiger partial charge is 0.495 e. The fraction of sp³-hybridized carbons (Fsp3) is 0.417. The quantitative estimate of drug-likeness (QED) is 0.326. The van der Waals surface area contributed by atoms with Crippen molar-refractivity contribution in [1.82, 2.24) is 10.2 Å². The first kappa shape index (κ1) is 31.1. The average Bonchev–Trinajstić information content (AvgIpc) is 2.80. The van der Waals surface area contributed by atoms with Crippen LogP contribution in [0.15, 0.2) is 36.4 Å². The van der Waals surface area contributed by atoms with Gasteiger partial charge in [-0.25, -0.2) is 8.42 Å². The van der Waals surface area contributed by atoms with E-state index < -0.39 is 50.6 Å². The highest BCUT2D eigenvalue weighted by Crippen LogP contribution is 2.34. The SMILES string of the molecule is COc1ccc([N+](=O)[O-])cc1N(CC(=O)N(Cc1ccc(Cl)c(Cl)c1)[C@@H](C)C(=O)NC(C)(C)C)S(C)(=O)=O. The highest BCUT2D eigenvalue weighted by atomic mass is 35.5. The van der Waals surface area contributed by atoms with Crippen molar-refractivity contribution < 1.29 is 27.7 Å². The van der Waals surface area contributed by atoms with E-state index in [-0.39, 0.29) is 23.0 Å². The minimum Gasteiger partial charge on any atom is -0.495 e. The summed E-state index contributed by atoms with van der Waals surface area (Å²) >= 11 is 12.1. The molecule has 2 rings (SSSR count). The minimum atomic E-state index is -4.14. The van der Waals surface area contributed by atoms with E-state index in [2.05, 4.69) is 5.32 Å². The van der Waals surface area contributed by atoms with Gasteiger partial charge in [0.25, 0.3) is 5.69 Å². The molecule has 0 saturated carbocycles. The van der Waals surface area contributed by atoms with E-state index in [0.717, 1.165) is 18.4 Å². The summed E-state index contributed by atoms with van der Waals surface area (Å²) in [5.41, 5.74) is -0.646. The first-order chi connectivity index (χ1) is 17.4. The molecule has 2 amide bonds. The Bertz CT molecular complexity index is 1330. The van der Waals surface area contributed by atoms with E-state index in [1.54, 1.807) is 32.9 Å². The molecule has 0 fully saturated rings. The van der Waals surface area contributed by atoms with Crippen LogP contribution in [0, 0.1) is 10.1 Å². The van der Waals surface area contributed by atoms with Crippen LogP contribution in [-0.4, -0.2) is 61.5 Å². The molecule has 1 atom stereocenters. The number of benzene rings is 2. The normalized spacial score (nSPS) is 12.4. The Morgan fingerprint density at radius 1 is 1.13 bits per heavy atom. The standard InChI is InChI=1S/C24H30Cl2N4O7S/c1-15(23(32)27-24(2,3)4)28(13-16-7-9-18(25)19(26)11-16)22(31)14-29(38(6,35)36)20-12-17(30(33)34)8-10-21(20)37-5/h7-12,15H,13-14H2,1-6H3,(H,27,32)/t15-/m0/s1. The molecule has 11 nitrogen and oxygen atoms in total. The molecule has 0 spiro atoms. The number of nitrogens with zero attached hydrogens (tertiary/aromatic N) is 3. The Kier molecular flexibility index (Phi) is 9.98. The maximum atomic E-state index is 13.7. The zero-order chi connectivity index (χ0) is 29.0. The maximum Gasteiger partial charge on any atom is 0.271 e. The van der Waals surface area contributed by atoms with Crippen molar-refractivity contribution in [3.8, 4) is 5.75 Å². The van der Waals surface area contributed by atoms with Gasteiger partial charge in [-0.15, -0.1) is 0 Å². The van der Waals surface area contributed by atoms with Gasteiger partial charge in [0.05, 0.1) is 28.3 Å². The Morgan fingerprint density at radius 3 is 2.26 bits per heavy atom. The van der Waals surface area contributed by atoms with Crippen molar-refractivity contribution >= 4 is 56.4 Å². The van der Waals surface area contributed by atoms with Gasteiger partial charge in [0.2, 0.25) is 21.8 Å². The summed E-state index contributed by atoms with van der Waals surface area (Å²) in [6.07, 6.45) is 0.859. The number of nitro groups is 1. The number of nitrogens with one attached hydrogen (secondary N) is 1. The molecule has 0 heterocycles. The summed E-state index contributed by atoms with van der Waals surface area (Å²) in [4.78, 5) is 38.5. The van der Waals surface area contributed by atoms with Crippen molar-refractivity contribution in [1.29, 1.82) is 0 Å². The topological polar surface area (TPSA) is 139 Å². The van der Waals surface area contributed by atoms with Crippen LogP contribution in [0.3, 0.4) is 0 Å². The third-order valence-corrected chi connectivity index (χ3v) is 7.19. The molecule has 0 saturated heterocycles. The zero-order valence-electron chi connectivity index (χ0n) is 21.8. The Hall–Kier alpha value is -3.09. The number of hydrogen-bond acceptors (Lipinski definition) is 7. The van der Waals surface area contributed by atoms with Crippen LogP contribution < -0.4 is 14.4 Å². The van der Waals surface area contributed by atoms with E-state index in [1.165, 1.54) is 31.1 Å². The van der Waals surface area contributed by atoms with E-state index in [9.17, 15) is 28.1 Å². The number of ether oxygens (including phenoxy) is 1. The molecular formula is C24H30Cl2N4O7S. The lowest BCUT2D eigenvalue weighted by Crippen LogP contribution is -2.54. The molecule has 2 aromatic carbocycles. The van der Waals surface area contributed by atoms with E-state index in [0.29, 0.717) is 14.9 Å². The average molecular weight is 589 g/mol. The first-order valence-electron chi connectivity index (χ1n) is 11.3. The Balaban J connectivity index is 2.55. The second kappa shape index (κ2) is 12.2. The van der Waals surface area contributed by atoms with E-state index in [4.69, 9.17) is 27.9 Å². The number of carbonyl (C=O) groups is 2. The molecule has 14 heteroatoms. The van der Waals surface area contributed by atoms with Gasteiger partial charge in [0, 0.05) is 24.2 Å². The highest BCUT2D eigenvalue weighted by molar-refractivity contribution is 7.92. The number of nitro benzene ring substituents is 1. The minimum absolute atomic E-state index is 0.00313. The van der Waals surface area contributed by atoms with Crippen molar-refractivity contribution in [2.24, 2.45) is 0 Å². The number of methoxy groups -OCH3 is 1. The lowest BCUT2D eigenvalue weighted by atomic mass is 10.1. The van der Waals surface area contributed by atoms with Crippen LogP contribution in [-0.2, 0) is 26.2 Å². The molecule has 0 radical (unpaired) electrons. The van der Waals surface area contributed by atoms with Gasteiger partial charge in [-0.05, 0) is 51.5 Å². The molecular weight excluding hydrogens is 559 g/mol. The summed E-state index contributed by atoms with van der Waals surface area (Å²) < 4.78 is 31.5. The van der Waals surface area contributed by atoms with Crippen molar-refractivity contribution in [2.75, 3.05) is 24.2 Å². The van der Waals surface area contributed by atoms with Crippen LogP contribution >= 0.6 is 23.2 Å². The Morgan fingerprint density at radius 2 is 1.76 bits per heavy atom. The maximum absolute atomic E-state index is 13.7. The second-order valence-electron chi connectivity index (χ2n) is 9.57. The molecule has 0 aromatic heterocycles. The number of non-ortho nitro benzene ring substituents is 1. The summed E-state index contributed by atoms with van der Waals surface area (Å²) in [6, 6.07) is 7.08. The van der Waals surface area contributed by atoms with Crippen LogP contribution in [0.5, 0.6) is 5.75 Å². The third-order valence-electron chi connectivity index (χ3n) is 5.32. The molecule has 0 aliphatic rings. The first-order valence-corrected chi connectivity index (χ1v) is 13.9. The van der Waals surface area contributed by atoms with Gasteiger partial charge < -0.3 is 15.0 Å². The number of hydrogen-bond donors (Lipinski definition) is 1. The van der Waals surface area contributed by atoms with Gasteiger partial charge in [-0.3, -0.25) is 24.0 Å². The number of carbonyl (C=O) groups excluding carboxylic acids is 2. The van der Waals surface area contributed by atoms with Gasteiger partial charge in [-0.2, -0.15) is 0 Å². The predicted octanol–water partition coefficient (Wildman–Crippen LogP) is 4.01. The van der Waals surface area contributed by atoms with Gasteiger partial charge in [-0.1, -0.05) is 29.3 Å². The number of anilines is 1. The van der Waals surface area contributed by atoms with Crippen LogP contribution in [0.2, 0.25) is 10.0 Å². The highest BCUT2D eigenvalue weighted by Gasteiger charge is 2.33. The van der Waals surface area contributed by atoms with E-state index >= 15 is 0 Å². The lowest BCUT2D eigenvalue weighted by molar-refractivity contribution is -0.384. The number of sulfonamides is 1. The molecule has 1 N–H and O–H groups in total. The molecule has 2 aromatic rings. The molecule has 208 valence electrons. The van der Waals surface area contributed by atoms with Crippen LogP contribution in [0.25, 0.3) is 0 Å². The number of amides is 2. The fourth-order valence-electron chi connectivity index (χ4n) is 3.47. The molecule has 0 unspecified atom stereocenters. The Labute approximate surface area is 231 Å². The number of rotatable bonds is 10. The molecule has 0 bridgehead atoms. The van der Waals surface area contributed by atoms with Crippen molar-refractivity contribution in [3.05, 3.63) is 62.1 Å². The van der Waals surface area contributed by atoms with E-state index in [1.807, 2.05) is 0 Å². The summed E-state index contributed by atoms with van der Waals surface area (Å²) in [6.45, 7) is 5.99. The smallest absolute Gasteiger partial charge is 0.271 e. The van der Waals surface area contributed by atoms with Crippen molar-refractivity contribution in [2.45, 2.75) is 45.8 Å². The van der Waals surface area contributed by atoms with Gasteiger partial charge >= 0.3 is 0 Å². The monoisotopic (exact) mass is 588 g/mol. The van der Waals surface area contributed by atoms with Crippen molar-refractivity contribution in [3.63, 3.8) is 0 Å². The summed E-state index contributed by atoms with van der Waals surface area (Å²) in [5.74, 6) is -1.21. The molecule has 0 aliphatic heterocycles. The predicted molar refractivity (Wildman–Crippen MR) is 146 cm³/mol. The third kappa shape index (κ3) is 8.20. The zero-order valence-corrected chi connectivity index (χ0v) is 24.1. The molecule has 0 aliphatic carbocycles. The number of halogens is 2. The lowest BCUT2D eigenvalue weighted by Gasteiger charge is -2.33. The van der Waals surface area contributed by atoms with Crippen LogP contribution in [0.4, 0.5) is 11.4 Å². The summed E-state index contributed by atoms with van der Waals surface area (Å²) in [7, 11) is -2.87. The fourth-order valence-corrected chi connectivity index (χ4v) is 4.64. The van der Waals surface area contributed by atoms with Gasteiger partial charge in [0.1, 0.15) is 24.0 Å². The van der Waals surface area contributed by atoms with Gasteiger partial charge in [0.15, 0.2) is 0 Å². The second-order valence-corrected chi connectivity index (χ2v) is 12.3. The summed E-state index contributed by atoms with van der Waals surface area (Å²) in [5, 5.41) is 14.7. The molecule has 38 heavy (non-hydrogen) atoms.